The molecule has 3 unspecified atom stereocenters. The molecule has 18 heavy (non-hydrogen) atoms. The van der Waals surface area contributed by atoms with E-state index < -0.39 is 0 Å². The summed E-state index contributed by atoms with van der Waals surface area (Å²) in [6.45, 7) is 13.2. The highest BCUT2D eigenvalue weighted by Gasteiger charge is 2.25. The summed E-state index contributed by atoms with van der Waals surface area (Å²) in [6.07, 6.45) is 7.99. The first-order valence-corrected chi connectivity index (χ1v) is 8.19. The predicted molar refractivity (Wildman–Crippen MR) is 81.0 cm³/mol. The minimum absolute atomic E-state index is 0.682. The molecule has 0 aromatic rings. The summed E-state index contributed by atoms with van der Waals surface area (Å²) in [5.41, 5.74) is 0. The van der Waals surface area contributed by atoms with Crippen LogP contribution in [0, 0.1) is 5.92 Å². The van der Waals surface area contributed by atoms with Crippen molar-refractivity contribution in [2.24, 2.45) is 5.92 Å². The van der Waals surface area contributed by atoms with E-state index in [9.17, 15) is 0 Å². The Morgan fingerprint density at radius 2 is 2.00 bits per heavy atom. The monoisotopic (exact) mass is 254 g/mol. The molecule has 0 aliphatic carbocycles. The SMILES string of the molecule is CCCC(CC)NC(C)C1CCCN(CCC)C1. The molecular weight excluding hydrogens is 220 g/mol. The van der Waals surface area contributed by atoms with Crippen molar-refractivity contribution in [3.8, 4) is 0 Å². The Hall–Kier alpha value is -0.0800. The number of nitrogens with zero attached hydrogens (tertiary/aromatic N) is 1. The maximum atomic E-state index is 3.87. The highest BCUT2D eigenvalue weighted by molar-refractivity contribution is 4.82. The Balaban J connectivity index is 2.37. The summed E-state index contributed by atoms with van der Waals surface area (Å²) in [7, 11) is 0. The van der Waals surface area contributed by atoms with Gasteiger partial charge in [0.1, 0.15) is 0 Å². The number of rotatable bonds is 8. The van der Waals surface area contributed by atoms with E-state index in [4.69, 9.17) is 0 Å². The van der Waals surface area contributed by atoms with Gasteiger partial charge in [-0.2, -0.15) is 0 Å². The second-order valence-electron chi connectivity index (χ2n) is 6.05. The molecule has 1 aliphatic rings. The van der Waals surface area contributed by atoms with Crippen molar-refractivity contribution in [1.82, 2.24) is 10.2 Å². The molecular formula is C16H34N2. The Bertz CT molecular complexity index is 203. The summed E-state index contributed by atoms with van der Waals surface area (Å²) in [4.78, 5) is 2.66. The van der Waals surface area contributed by atoms with E-state index in [1.54, 1.807) is 0 Å². The van der Waals surface area contributed by atoms with Gasteiger partial charge >= 0.3 is 0 Å². The number of nitrogens with one attached hydrogen (secondary N) is 1. The largest absolute Gasteiger partial charge is 0.311 e. The van der Waals surface area contributed by atoms with Gasteiger partial charge in [0.05, 0.1) is 0 Å². The third kappa shape index (κ3) is 5.27. The van der Waals surface area contributed by atoms with Crippen molar-refractivity contribution in [1.29, 1.82) is 0 Å². The molecule has 2 nitrogen and oxygen atoms in total. The van der Waals surface area contributed by atoms with Crippen molar-refractivity contribution < 1.29 is 0 Å². The molecule has 1 fully saturated rings. The van der Waals surface area contributed by atoms with E-state index in [-0.39, 0.29) is 0 Å². The molecule has 0 aromatic heterocycles. The van der Waals surface area contributed by atoms with Gasteiger partial charge in [-0.05, 0) is 58.0 Å². The zero-order valence-corrected chi connectivity index (χ0v) is 13.0. The van der Waals surface area contributed by atoms with Crippen LogP contribution in [0.1, 0.15) is 66.2 Å². The van der Waals surface area contributed by atoms with Crippen LogP contribution in [-0.2, 0) is 0 Å². The van der Waals surface area contributed by atoms with Gasteiger partial charge in [-0.3, -0.25) is 0 Å². The van der Waals surface area contributed by atoms with Gasteiger partial charge in [-0.1, -0.05) is 27.2 Å². The zero-order valence-electron chi connectivity index (χ0n) is 13.0. The fourth-order valence-electron chi connectivity index (χ4n) is 3.28. The number of likely N-dealkylation sites (tertiary alicyclic amines) is 1. The van der Waals surface area contributed by atoms with Gasteiger partial charge < -0.3 is 10.2 Å². The van der Waals surface area contributed by atoms with Crippen LogP contribution < -0.4 is 5.32 Å². The number of hydrogen-bond acceptors (Lipinski definition) is 2. The number of piperidine rings is 1. The maximum absolute atomic E-state index is 3.87. The highest BCUT2D eigenvalue weighted by atomic mass is 15.1. The lowest BCUT2D eigenvalue weighted by Crippen LogP contribution is -2.47. The van der Waals surface area contributed by atoms with Crippen LogP contribution in [0.15, 0.2) is 0 Å². The molecule has 1 saturated heterocycles. The molecule has 0 amide bonds. The minimum Gasteiger partial charge on any atom is -0.311 e. The topological polar surface area (TPSA) is 15.3 Å². The minimum atomic E-state index is 0.682. The lowest BCUT2D eigenvalue weighted by molar-refractivity contribution is 0.145. The van der Waals surface area contributed by atoms with E-state index in [0.717, 1.165) is 12.0 Å². The van der Waals surface area contributed by atoms with Gasteiger partial charge in [0.2, 0.25) is 0 Å². The summed E-state index contributed by atoms with van der Waals surface area (Å²) in [6, 6.07) is 1.41. The van der Waals surface area contributed by atoms with Crippen molar-refractivity contribution in [2.75, 3.05) is 19.6 Å². The zero-order chi connectivity index (χ0) is 13.4. The van der Waals surface area contributed by atoms with Gasteiger partial charge in [0.25, 0.3) is 0 Å². The standard InChI is InChI=1S/C16H34N2/c1-5-9-16(7-3)17-14(4)15-10-8-12-18(13-15)11-6-2/h14-17H,5-13H2,1-4H3. The lowest BCUT2D eigenvalue weighted by Gasteiger charge is -2.37. The number of hydrogen-bond donors (Lipinski definition) is 1. The average Bonchev–Trinajstić information content (AvgIpc) is 2.39. The molecule has 0 bridgehead atoms. The highest BCUT2D eigenvalue weighted by Crippen LogP contribution is 2.20. The van der Waals surface area contributed by atoms with Crippen LogP contribution >= 0.6 is 0 Å². The van der Waals surface area contributed by atoms with Gasteiger partial charge in [-0.25, -0.2) is 0 Å². The van der Waals surface area contributed by atoms with E-state index in [0.29, 0.717) is 6.04 Å². The molecule has 1 heterocycles. The molecule has 0 aromatic carbocycles. The molecule has 3 atom stereocenters. The Labute approximate surface area is 115 Å². The first kappa shape index (κ1) is 16.0. The predicted octanol–water partition coefficient (Wildman–Crippen LogP) is 3.67. The van der Waals surface area contributed by atoms with Crippen LogP contribution in [0.5, 0.6) is 0 Å². The van der Waals surface area contributed by atoms with E-state index in [2.05, 4.69) is 37.9 Å². The molecule has 2 heteroatoms. The van der Waals surface area contributed by atoms with Gasteiger partial charge in [0.15, 0.2) is 0 Å². The third-order valence-electron chi connectivity index (χ3n) is 4.42. The molecule has 0 spiro atoms. The summed E-state index contributed by atoms with van der Waals surface area (Å²) >= 11 is 0. The van der Waals surface area contributed by atoms with E-state index >= 15 is 0 Å². The molecule has 1 N–H and O–H groups in total. The molecule has 1 rings (SSSR count). The van der Waals surface area contributed by atoms with Crippen LogP contribution in [0.2, 0.25) is 0 Å². The van der Waals surface area contributed by atoms with Crippen molar-refractivity contribution >= 4 is 0 Å². The molecule has 0 saturated carbocycles. The Morgan fingerprint density at radius 1 is 1.22 bits per heavy atom. The van der Waals surface area contributed by atoms with E-state index in [1.807, 2.05) is 0 Å². The van der Waals surface area contributed by atoms with E-state index in [1.165, 1.54) is 58.2 Å². The van der Waals surface area contributed by atoms with Crippen LogP contribution in [0.25, 0.3) is 0 Å². The maximum Gasteiger partial charge on any atom is 0.00818 e. The quantitative estimate of drug-likeness (QED) is 0.711. The van der Waals surface area contributed by atoms with Crippen molar-refractivity contribution in [3.63, 3.8) is 0 Å². The van der Waals surface area contributed by atoms with Crippen LogP contribution in [0.3, 0.4) is 0 Å². The van der Waals surface area contributed by atoms with Crippen molar-refractivity contribution in [3.05, 3.63) is 0 Å². The summed E-state index contributed by atoms with van der Waals surface area (Å²) in [5.74, 6) is 0.858. The van der Waals surface area contributed by atoms with Crippen LogP contribution in [-0.4, -0.2) is 36.6 Å². The molecule has 0 radical (unpaired) electrons. The summed E-state index contributed by atoms with van der Waals surface area (Å²) < 4.78 is 0. The Morgan fingerprint density at radius 3 is 2.61 bits per heavy atom. The smallest absolute Gasteiger partial charge is 0.00818 e. The van der Waals surface area contributed by atoms with Crippen molar-refractivity contribution in [2.45, 2.75) is 78.3 Å². The average molecular weight is 254 g/mol. The molecule has 108 valence electrons. The van der Waals surface area contributed by atoms with Crippen LogP contribution in [0.4, 0.5) is 0 Å². The van der Waals surface area contributed by atoms with Gasteiger partial charge in [-0.15, -0.1) is 0 Å². The normalized spacial score (nSPS) is 25.0. The lowest BCUT2D eigenvalue weighted by atomic mass is 9.90. The molecule has 1 aliphatic heterocycles. The van der Waals surface area contributed by atoms with Gasteiger partial charge in [0, 0.05) is 18.6 Å². The first-order valence-electron chi connectivity index (χ1n) is 8.19. The second kappa shape index (κ2) is 8.92. The summed E-state index contributed by atoms with van der Waals surface area (Å²) in [5, 5.41) is 3.87. The second-order valence-corrected chi connectivity index (χ2v) is 6.05. The third-order valence-corrected chi connectivity index (χ3v) is 4.42. The fraction of sp³-hybridized carbons (Fsp3) is 1.00. The first-order chi connectivity index (χ1) is 8.71. The Kier molecular flexibility index (Phi) is 7.92. The fourth-order valence-corrected chi connectivity index (χ4v) is 3.28.